The topological polar surface area (TPSA) is 105 Å². The summed E-state index contributed by atoms with van der Waals surface area (Å²) < 4.78 is 87.9. The van der Waals surface area contributed by atoms with E-state index in [1.165, 1.54) is 42.5 Å². The van der Waals surface area contributed by atoms with Crippen molar-refractivity contribution in [1.82, 2.24) is 20.2 Å². The van der Waals surface area contributed by atoms with Crippen LogP contribution in [0.15, 0.2) is 67.0 Å². The number of carboxylic acids is 1. The van der Waals surface area contributed by atoms with Gasteiger partial charge in [-0.15, -0.1) is 0 Å². The van der Waals surface area contributed by atoms with Gasteiger partial charge in [0.05, 0.1) is 36.4 Å². The Bertz CT molecular complexity index is 1890. The van der Waals surface area contributed by atoms with Crippen molar-refractivity contribution in [1.29, 1.82) is 0 Å². The molecule has 0 saturated carbocycles. The van der Waals surface area contributed by atoms with Gasteiger partial charge in [0.1, 0.15) is 5.69 Å². The number of ether oxygens (including phenoxy) is 1. The summed E-state index contributed by atoms with van der Waals surface area (Å²) in [5.41, 5.74) is 0.817. The summed E-state index contributed by atoms with van der Waals surface area (Å²) >= 11 is 0. The summed E-state index contributed by atoms with van der Waals surface area (Å²) in [7, 11) is 1.36. The molecule has 6 rings (SSSR count). The summed E-state index contributed by atoms with van der Waals surface area (Å²) in [5.74, 6) is -1.00. The number of methoxy groups -OCH3 is 1. The van der Waals surface area contributed by atoms with Crippen LogP contribution in [0, 0.1) is 6.92 Å². The lowest BCUT2D eigenvalue weighted by molar-refractivity contribution is -0.141. The van der Waals surface area contributed by atoms with Crippen molar-refractivity contribution >= 4 is 12.0 Å². The molecule has 0 radical (unpaired) electrons. The maximum absolute atomic E-state index is 14.0. The predicted octanol–water partition coefficient (Wildman–Crippen LogP) is 7.83. The quantitative estimate of drug-likeness (QED) is 0.205. The number of alkyl halides is 6. The first-order chi connectivity index (χ1) is 22.2. The van der Waals surface area contributed by atoms with Crippen molar-refractivity contribution in [2.75, 3.05) is 7.11 Å². The average Bonchev–Trinajstić information content (AvgIpc) is 3.60. The van der Waals surface area contributed by atoms with E-state index in [1.807, 2.05) is 0 Å². The number of nitrogens with one attached hydrogen (secondary N) is 1. The second-order valence-electron chi connectivity index (χ2n) is 11.4. The molecule has 2 aromatic carbocycles. The normalized spacial score (nSPS) is 19.4. The number of aromatic carboxylic acids is 1. The number of benzene rings is 2. The first kappa shape index (κ1) is 31.8. The minimum Gasteiger partial charge on any atom is -0.481 e. The molecule has 3 atom stereocenters. The zero-order valence-electron chi connectivity index (χ0n) is 24.8. The van der Waals surface area contributed by atoms with Gasteiger partial charge in [0, 0.05) is 23.5 Å². The number of rotatable bonds is 6. The van der Waals surface area contributed by atoms with Gasteiger partial charge in [0.25, 0.3) is 0 Å². The Morgan fingerprint density at radius 2 is 1.68 bits per heavy atom. The fourth-order valence-corrected chi connectivity index (χ4v) is 6.50. The third-order valence-electron chi connectivity index (χ3n) is 8.62. The van der Waals surface area contributed by atoms with Crippen LogP contribution in [0.25, 0.3) is 22.3 Å². The van der Waals surface area contributed by atoms with Crippen molar-refractivity contribution in [3.8, 4) is 28.1 Å². The Labute approximate surface area is 264 Å². The molecule has 4 aromatic rings. The van der Waals surface area contributed by atoms with E-state index in [1.54, 1.807) is 19.1 Å². The lowest BCUT2D eigenvalue weighted by atomic mass is 9.90. The number of carbonyl (C=O) groups excluding carboxylic acids is 1. The van der Waals surface area contributed by atoms with Gasteiger partial charge in [-0.2, -0.15) is 26.3 Å². The van der Waals surface area contributed by atoms with Crippen LogP contribution in [0.3, 0.4) is 0 Å². The molecule has 14 heteroatoms. The standard InChI is InChI=1S/C33H26F6N4O4/c1-16-11-18(30(44)45)3-5-21(16)19-12-24(29(47-2)41-15-19)22-6-4-20(32(34,35)36)14-23(22)25-7-8-26-28(42-31(46)43(25)26)17-9-10-40-27(13-17)33(37,38)39/h3-6,9-15,25-26,28H,7-8H2,1-2H3,(H,42,46)(H,44,45)/t25-,26-,28+/m0/s1. The van der Waals surface area contributed by atoms with E-state index in [-0.39, 0.29) is 29.0 Å². The summed E-state index contributed by atoms with van der Waals surface area (Å²) in [6.45, 7) is 1.72. The van der Waals surface area contributed by atoms with Crippen molar-refractivity contribution < 1.29 is 45.8 Å². The number of hydrogen-bond donors (Lipinski definition) is 2. The van der Waals surface area contributed by atoms with Crippen LogP contribution in [0.5, 0.6) is 5.88 Å². The van der Waals surface area contributed by atoms with Gasteiger partial charge >= 0.3 is 24.4 Å². The van der Waals surface area contributed by atoms with Gasteiger partial charge in [0.2, 0.25) is 5.88 Å². The lowest BCUT2D eigenvalue weighted by Gasteiger charge is -2.27. The van der Waals surface area contributed by atoms with E-state index in [2.05, 4.69) is 15.3 Å². The summed E-state index contributed by atoms with van der Waals surface area (Å²) in [6, 6.07) is 8.68. The van der Waals surface area contributed by atoms with Crippen LogP contribution in [-0.2, 0) is 12.4 Å². The Hall–Kier alpha value is -5.14. The minimum absolute atomic E-state index is 0.0809. The highest BCUT2D eigenvalue weighted by molar-refractivity contribution is 5.89. The summed E-state index contributed by atoms with van der Waals surface area (Å²) in [4.78, 5) is 34.0. The number of halogens is 6. The smallest absolute Gasteiger partial charge is 0.433 e. The van der Waals surface area contributed by atoms with Crippen LogP contribution in [0.4, 0.5) is 31.1 Å². The van der Waals surface area contributed by atoms with Crippen molar-refractivity contribution in [3.05, 3.63) is 101 Å². The Kier molecular flexibility index (Phi) is 7.84. The monoisotopic (exact) mass is 656 g/mol. The van der Waals surface area contributed by atoms with Gasteiger partial charge in [-0.3, -0.25) is 4.98 Å². The highest BCUT2D eigenvalue weighted by atomic mass is 19.4. The maximum atomic E-state index is 14.0. The number of aryl methyl sites for hydroxylation is 1. The SMILES string of the molecule is COc1ncc(-c2ccc(C(=O)O)cc2C)cc1-c1ccc(C(F)(F)F)cc1[C@@H]1CC[C@H]2[C@@H](c3ccnc(C(F)(F)F)c3)NC(=O)N12. The molecule has 2 N–H and O–H groups in total. The molecule has 2 aliphatic rings. The van der Waals surface area contributed by atoms with Crippen LogP contribution >= 0.6 is 0 Å². The molecule has 0 spiro atoms. The fourth-order valence-electron chi connectivity index (χ4n) is 6.50. The third-order valence-corrected chi connectivity index (χ3v) is 8.62. The molecule has 2 fully saturated rings. The molecule has 2 amide bonds. The molecule has 47 heavy (non-hydrogen) atoms. The van der Waals surface area contributed by atoms with Crippen molar-refractivity contribution in [3.63, 3.8) is 0 Å². The number of pyridine rings is 2. The number of aromatic nitrogens is 2. The van der Waals surface area contributed by atoms with E-state index in [0.29, 0.717) is 34.2 Å². The van der Waals surface area contributed by atoms with Crippen molar-refractivity contribution in [2.24, 2.45) is 0 Å². The van der Waals surface area contributed by atoms with E-state index in [4.69, 9.17) is 4.74 Å². The second kappa shape index (κ2) is 11.6. The summed E-state index contributed by atoms with van der Waals surface area (Å²) in [6.07, 6.45) is -6.36. The molecule has 244 valence electrons. The number of carbonyl (C=O) groups is 2. The molecule has 0 unspecified atom stereocenters. The fraction of sp³-hybridized carbons (Fsp3) is 0.273. The van der Waals surface area contributed by atoms with Crippen LogP contribution in [-0.4, -0.2) is 45.1 Å². The molecule has 2 aliphatic heterocycles. The first-order valence-corrected chi connectivity index (χ1v) is 14.4. The zero-order chi connectivity index (χ0) is 33.8. The largest absolute Gasteiger partial charge is 0.481 e. The van der Waals surface area contributed by atoms with Gasteiger partial charge in [0.15, 0.2) is 0 Å². The molecule has 2 saturated heterocycles. The van der Waals surface area contributed by atoms with Gasteiger partial charge < -0.3 is 20.1 Å². The van der Waals surface area contributed by atoms with E-state index in [0.717, 1.165) is 24.4 Å². The number of carboxylic acid groups (broad SMARTS) is 1. The number of fused-ring (bicyclic) bond motifs is 1. The minimum atomic E-state index is -4.71. The summed E-state index contributed by atoms with van der Waals surface area (Å²) in [5, 5.41) is 12.1. The molecule has 0 aliphatic carbocycles. The number of urea groups is 1. The maximum Gasteiger partial charge on any atom is 0.433 e. The van der Waals surface area contributed by atoms with Crippen LogP contribution < -0.4 is 10.1 Å². The van der Waals surface area contributed by atoms with Crippen molar-refractivity contribution in [2.45, 2.75) is 50.2 Å². The van der Waals surface area contributed by atoms with Gasteiger partial charge in [-0.05, 0) is 90.0 Å². The highest BCUT2D eigenvalue weighted by Crippen LogP contribution is 2.49. The Morgan fingerprint density at radius 1 is 0.936 bits per heavy atom. The number of nitrogens with zero attached hydrogens (tertiary/aromatic N) is 3. The lowest BCUT2D eigenvalue weighted by Crippen LogP contribution is -2.32. The van der Waals surface area contributed by atoms with E-state index >= 15 is 0 Å². The van der Waals surface area contributed by atoms with E-state index < -0.39 is 53.7 Å². The predicted molar refractivity (Wildman–Crippen MR) is 156 cm³/mol. The molecule has 4 heterocycles. The van der Waals surface area contributed by atoms with Crippen LogP contribution in [0.2, 0.25) is 0 Å². The van der Waals surface area contributed by atoms with Gasteiger partial charge in [-0.25, -0.2) is 14.6 Å². The van der Waals surface area contributed by atoms with E-state index in [9.17, 15) is 41.0 Å². The zero-order valence-corrected chi connectivity index (χ0v) is 24.8. The Morgan fingerprint density at radius 3 is 2.34 bits per heavy atom. The first-order valence-electron chi connectivity index (χ1n) is 14.4. The number of hydrogen-bond acceptors (Lipinski definition) is 5. The molecule has 8 nitrogen and oxygen atoms in total. The Balaban J connectivity index is 1.45. The molecule has 2 aromatic heterocycles. The molecule has 0 bridgehead atoms. The molecular formula is C33H26F6N4O4. The molecular weight excluding hydrogens is 630 g/mol. The highest BCUT2D eigenvalue weighted by Gasteiger charge is 2.49. The van der Waals surface area contributed by atoms with Crippen LogP contribution in [0.1, 0.15) is 63.2 Å². The average molecular weight is 657 g/mol. The second-order valence-corrected chi connectivity index (χ2v) is 11.4. The third kappa shape index (κ3) is 5.83. The number of amides is 2. The van der Waals surface area contributed by atoms with Gasteiger partial charge in [-0.1, -0.05) is 12.1 Å².